The van der Waals surface area contributed by atoms with Crippen LogP contribution in [-0.2, 0) is 9.53 Å². The van der Waals surface area contributed by atoms with E-state index < -0.39 is 11.9 Å². The third kappa shape index (κ3) is 3.96. The number of hydrogen-bond donors (Lipinski definition) is 2. The van der Waals surface area contributed by atoms with Crippen LogP contribution in [0.3, 0.4) is 0 Å². The molecule has 0 bridgehead atoms. The van der Waals surface area contributed by atoms with Gasteiger partial charge in [0.25, 0.3) is 0 Å². The van der Waals surface area contributed by atoms with Gasteiger partial charge in [-0.1, -0.05) is 12.2 Å². The molecule has 112 valence electrons. The summed E-state index contributed by atoms with van der Waals surface area (Å²) in [6, 6.07) is -0.377. The highest BCUT2D eigenvalue weighted by molar-refractivity contribution is 5.76. The van der Waals surface area contributed by atoms with Crippen molar-refractivity contribution in [1.29, 1.82) is 0 Å². The minimum Gasteiger partial charge on any atom is -0.481 e. The van der Waals surface area contributed by atoms with E-state index in [0.29, 0.717) is 13.0 Å². The van der Waals surface area contributed by atoms with Crippen molar-refractivity contribution in [2.24, 2.45) is 5.92 Å². The van der Waals surface area contributed by atoms with Gasteiger partial charge >= 0.3 is 12.0 Å². The van der Waals surface area contributed by atoms with Crippen LogP contribution in [0.25, 0.3) is 0 Å². The number of nitrogens with zero attached hydrogens (tertiary/aromatic N) is 1. The van der Waals surface area contributed by atoms with E-state index in [1.807, 2.05) is 0 Å². The summed E-state index contributed by atoms with van der Waals surface area (Å²) in [4.78, 5) is 24.5. The Bertz CT molecular complexity index is 391. The van der Waals surface area contributed by atoms with E-state index in [1.165, 1.54) is 0 Å². The maximum atomic E-state index is 12.0. The highest BCUT2D eigenvalue weighted by Crippen LogP contribution is 2.18. The molecule has 1 saturated heterocycles. The van der Waals surface area contributed by atoms with Crippen molar-refractivity contribution in [3.8, 4) is 0 Å². The summed E-state index contributed by atoms with van der Waals surface area (Å²) < 4.78 is 5.60. The molecule has 0 radical (unpaired) electrons. The predicted octanol–water partition coefficient (Wildman–Crippen LogP) is 1.23. The number of likely N-dealkylation sites (N-methyl/N-ethyl adjacent to an activating group) is 1. The summed E-state index contributed by atoms with van der Waals surface area (Å²) in [6.07, 6.45) is 7.16. The van der Waals surface area contributed by atoms with Gasteiger partial charge in [-0.05, 0) is 25.7 Å². The second-order valence-electron chi connectivity index (χ2n) is 5.49. The van der Waals surface area contributed by atoms with Crippen LogP contribution in [0.4, 0.5) is 4.79 Å². The zero-order chi connectivity index (χ0) is 14.5. The quantitative estimate of drug-likeness (QED) is 0.760. The van der Waals surface area contributed by atoms with Crippen LogP contribution >= 0.6 is 0 Å². The maximum Gasteiger partial charge on any atom is 0.317 e. The smallest absolute Gasteiger partial charge is 0.317 e. The first-order valence-electron chi connectivity index (χ1n) is 7.10. The van der Waals surface area contributed by atoms with Crippen LogP contribution in [0.1, 0.15) is 25.7 Å². The monoisotopic (exact) mass is 282 g/mol. The molecule has 2 aliphatic rings. The number of carbonyl (C=O) groups is 2. The largest absolute Gasteiger partial charge is 0.481 e. The number of carbonyl (C=O) groups excluding carboxylic acids is 1. The van der Waals surface area contributed by atoms with E-state index in [4.69, 9.17) is 9.84 Å². The standard InChI is InChI=1S/C14H22N2O4/c1-16(9-12-4-2-3-7-20-12)14(19)15-11-6-5-10(8-11)13(17)18/h5-6,10-12H,2-4,7-9H2,1H3,(H,15,19)(H,17,18). The Kier molecular flexibility index (Phi) is 5.00. The highest BCUT2D eigenvalue weighted by atomic mass is 16.5. The number of ether oxygens (including phenoxy) is 1. The van der Waals surface area contributed by atoms with Gasteiger partial charge in [0, 0.05) is 20.2 Å². The molecular formula is C14H22N2O4. The highest BCUT2D eigenvalue weighted by Gasteiger charge is 2.26. The van der Waals surface area contributed by atoms with Gasteiger partial charge in [0.05, 0.1) is 18.1 Å². The normalized spacial score (nSPS) is 29.1. The molecule has 3 unspecified atom stereocenters. The Balaban J connectivity index is 1.74. The van der Waals surface area contributed by atoms with Gasteiger partial charge in [-0.15, -0.1) is 0 Å². The van der Waals surface area contributed by atoms with Crippen LogP contribution in [0, 0.1) is 5.92 Å². The van der Waals surface area contributed by atoms with Crippen molar-refractivity contribution >= 4 is 12.0 Å². The lowest BCUT2D eigenvalue weighted by Gasteiger charge is -2.28. The number of rotatable bonds is 4. The Morgan fingerprint density at radius 3 is 2.80 bits per heavy atom. The number of hydrogen-bond acceptors (Lipinski definition) is 3. The van der Waals surface area contributed by atoms with E-state index in [-0.39, 0.29) is 18.2 Å². The van der Waals surface area contributed by atoms with Gasteiger partial charge in [0.2, 0.25) is 0 Å². The zero-order valence-electron chi connectivity index (χ0n) is 11.7. The molecule has 0 aromatic carbocycles. The van der Waals surface area contributed by atoms with Crippen LogP contribution in [0.2, 0.25) is 0 Å². The molecule has 6 nitrogen and oxygen atoms in total. The topological polar surface area (TPSA) is 78.9 Å². The van der Waals surface area contributed by atoms with Crippen LogP contribution in [0.5, 0.6) is 0 Å². The first-order chi connectivity index (χ1) is 9.56. The van der Waals surface area contributed by atoms with E-state index in [0.717, 1.165) is 25.9 Å². The third-order valence-electron chi connectivity index (χ3n) is 3.81. The van der Waals surface area contributed by atoms with Gasteiger partial charge in [-0.25, -0.2) is 4.79 Å². The minimum absolute atomic E-state index is 0.116. The summed E-state index contributed by atoms with van der Waals surface area (Å²) >= 11 is 0. The molecule has 0 aromatic heterocycles. The Morgan fingerprint density at radius 1 is 1.40 bits per heavy atom. The van der Waals surface area contributed by atoms with Crippen molar-refractivity contribution in [3.63, 3.8) is 0 Å². The van der Waals surface area contributed by atoms with Crippen molar-refractivity contribution in [2.75, 3.05) is 20.2 Å². The van der Waals surface area contributed by atoms with Crippen molar-refractivity contribution < 1.29 is 19.4 Å². The van der Waals surface area contributed by atoms with E-state index >= 15 is 0 Å². The van der Waals surface area contributed by atoms with Gasteiger partial charge in [0.15, 0.2) is 0 Å². The molecule has 3 atom stereocenters. The molecule has 2 N–H and O–H groups in total. The molecule has 0 aromatic rings. The molecule has 0 spiro atoms. The SMILES string of the molecule is CN(CC1CCCCO1)C(=O)NC1C=CC(C(=O)O)C1. The lowest BCUT2D eigenvalue weighted by molar-refractivity contribution is -0.140. The summed E-state index contributed by atoms with van der Waals surface area (Å²) in [7, 11) is 1.74. The van der Waals surface area contributed by atoms with Gasteiger partial charge < -0.3 is 20.1 Å². The number of amides is 2. The molecule has 1 heterocycles. The number of urea groups is 1. The summed E-state index contributed by atoms with van der Waals surface area (Å²) in [5.74, 6) is -1.34. The van der Waals surface area contributed by atoms with Crippen LogP contribution in [0.15, 0.2) is 12.2 Å². The number of carboxylic acids is 1. The molecule has 1 fully saturated rings. The van der Waals surface area contributed by atoms with Crippen molar-refractivity contribution in [2.45, 2.75) is 37.8 Å². The van der Waals surface area contributed by atoms with E-state index in [9.17, 15) is 9.59 Å². The van der Waals surface area contributed by atoms with Crippen molar-refractivity contribution in [1.82, 2.24) is 10.2 Å². The molecule has 2 amide bonds. The lowest BCUT2D eigenvalue weighted by Crippen LogP contribution is -2.45. The fraction of sp³-hybridized carbons (Fsp3) is 0.714. The van der Waals surface area contributed by atoms with Gasteiger partial charge in [0.1, 0.15) is 0 Å². The lowest BCUT2D eigenvalue weighted by atomic mass is 10.1. The number of carboxylic acid groups (broad SMARTS) is 1. The molecule has 1 aliphatic heterocycles. The Morgan fingerprint density at radius 2 is 2.20 bits per heavy atom. The van der Waals surface area contributed by atoms with Crippen LogP contribution in [-0.4, -0.2) is 54.4 Å². The Hall–Kier alpha value is -1.56. The molecule has 6 heteroatoms. The molecule has 1 aliphatic carbocycles. The predicted molar refractivity (Wildman–Crippen MR) is 73.4 cm³/mol. The number of nitrogens with one attached hydrogen (secondary N) is 1. The average Bonchev–Trinajstić information content (AvgIpc) is 2.88. The van der Waals surface area contributed by atoms with Crippen molar-refractivity contribution in [3.05, 3.63) is 12.2 Å². The summed E-state index contributed by atoms with van der Waals surface area (Å²) in [6.45, 7) is 1.34. The molecule has 20 heavy (non-hydrogen) atoms. The second-order valence-corrected chi connectivity index (χ2v) is 5.49. The first kappa shape index (κ1) is 14.8. The first-order valence-corrected chi connectivity index (χ1v) is 7.10. The minimum atomic E-state index is -0.845. The maximum absolute atomic E-state index is 12.0. The fourth-order valence-electron chi connectivity index (χ4n) is 2.60. The molecular weight excluding hydrogens is 260 g/mol. The van der Waals surface area contributed by atoms with Gasteiger partial charge in [-0.2, -0.15) is 0 Å². The third-order valence-corrected chi connectivity index (χ3v) is 3.81. The molecule has 0 saturated carbocycles. The van der Waals surface area contributed by atoms with E-state index in [2.05, 4.69) is 5.32 Å². The van der Waals surface area contributed by atoms with Gasteiger partial charge in [-0.3, -0.25) is 4.79 Å². The zero-order valence-corrected chi connectivity index (χ0v) is 11.7. The van der Waals surface area contributed by atoms with Crippen LogP contribution < -0.4 is 5.32 Å². The second kappa shape index (κ2) is 6.74. The molecule has 2 rings (SSSR count). The summed E-state index contributed by atoms with van der Waals surface area (Å²) in [5, 5.41) is 11.7. The average molecular weight is 282 g/mol. The fourth-order valence-corrected chi connectivity index (χ4v) is 2.60. The summed E-state index contributed by atoms with van der Waals surface area (Å²) in [5.41, 5.74) is 0. The van der Waals surface area contributed by atoms with E-state index in [1.54, 1.807) is 24.1 Å². The number of aliphatic carboxylic acids is 1. The Labute approximate surface area is 118 Å².